The van der Waals surface area contributed by atoms with Gasteiger partial charge in [0, 0.05) is 5.92 Å². The third kappa shape index (κ3) is 1.52. The Morgan fingerprint density at radius 3 is 2.50 bits per heavy atom. The zero-order valence-corrected chi connectivity index (χ0v) is 8.32. The highest BCUT2D eigenvalue weighted by atomic mass is 16.5. The van der Waals surface area contributed by atoms with Crippen LogP contribution in [0.5, 0.6) is 0 Å². The first-order valence-corrected chi connectivity index (χ1v) is 4.52. The Morgan fingerprint density at radius 1 is 1.64 bits per heavy atom. The van der Waals surface area contributed by atoms with Crippen LogP contribution in [-0.2, 0) is 14.3 Å². The maximum Gasteiger partial charge on any atom is 0.324 e. The van der Waals surface area contributed by atoms with E-state index in [1.807, 2.05) is 0 Å². The number of allylic oxidation sites excluding steroid dienone is 1. The average molecular weight is 198 g/mol. The summed E-state index contributed by atoms with van der Waals surface area (Å²) in [5, 5.41) is 8.94. The zero-order valence-electron chi connectivity index (χ0n) is 8.32. The van der Waals surface area contributed by atoms with E-state index < -0.39 is 17.4 Å². The minimum Gasteiger partial charge on any atom is -0.480 e. The number of hydrogen-bond donors (Lipinski definition) is 1. The van der Waals surface area contributed by atoms with Crippen LogP contribution in [0.1, 0.15) is 20.3 Å². The van der Waals surface area contributed by atoms with Gasteiger partial charge in [-0.2, -0.15) is 0 Å². The Labute approximate surface area is 82.6 Å². The fourth-order valence-corrected chi connectivity index (χ4v) is 1.46. The second-order valence-electron chi connectivity index (χ2n) is 3.78. The minimum absolute atomic E-state index is 0.286. The van der Waals surface area contributed by atoms with Gasteiger partial charge in [0.15, 0.2) is 5.41 Å². The summed E-state index contributed by atoms with van der Waals surface area (Å²) in [4.78, 5) is 22.4. The standard InChI is InChI=1S/C10H14O4/c1-4-7-5-10(7,8(11)12)9(13)14-6(2)3/h4,6-7H,1,5H2,2-3H3,(H,11,12). The minimum atomic E-state index is -1.36. The number of rotatable bonds is 4. The van der Waals surface area contributed by atoms with Gasteiger partial charge in [-0.05, 0) is 20.3 Å². The van der Waals surface area contributed by atoms with Crippen LogP contribution in [0.25, 0.3) is 0 Å². The number of esters is 1. The number of aliphatic carboxylic acids is 1. The summed E-state index contributed by atoms with van der Waals surface area (Å²) in [6.45, 7) is 6.88. The fourth-order valence-electron chi connectivity index (χ4n) is 1.46. The molecule has 78 valence electrons. The molecule has 1 fully saturated rings. The summed E-state index contributed by atoms with van der Waals surface area (Å²) >= 11 is 0. The highest BCUT2D eigenvalue weighted by molar-refractivity contribution is 6.03. The molecule has 0 spiro atoms. The van der Waals surface area contributed by atoms with Crippen LogP contribution in [0, 0.1) is 11.3 Å². The molecule has 0 saturated heterocycles. The molecule has 0 aromatic carbocycles. The average Bonchev–Trinajstić information content (AvgIpc) is 2.77. The van der Waals surface area contributed by atoms with Gasteiger partial charge >= 0.3 is 11.9 Å². The van der Waals surface area contributed by atoms with E-state index in [4.69, 9.17) is 9.84 Å². The molecule has 4 heteroatoms. The predicted octanol–water partition coefficient (Wildman–Crippen LogP) is 1.21. The number of carbonyl (C=O) groups excluding carboxylic acids is 1. The van der Waals surface area contributed by atoms with Gasteiger partial charge < -0.3 is 9.84 Å². The van der Waals surface area contributed by atoms with Crippen molar-refractivity contribution in [2.24, 2.45) is 11.3 Å². The molecule has 1 N–H and O–H groups in total. The van der Waals surface area contributed by atoms with Gasteiger partial charge in [-0.25, -0.2) is 0 Å². The molecule has 1 saturated carbocycles. The second-order valence-corrected chi connectivity index (χ2v) is 3.78. The van der Waals surface area contributed by atoms with Gasteiger partial charge in [-0.15, -0.1) is 6.58 Å². The van der Waals surface area contributed by atoms with Crippen LogP contribution in [0.2, 0.25) is 0 Å². The predicted molar refractivity (Wildman–Crippen MR) is 49.6 cm³/mol. The highest BCUT2D eigenvalue weighted by Gasteiger charge is 2.66. The van der Waals surface area contributed by atoms with Crippen molar-refractivity contribution in [3.05, 3.63) is 12.7 Å². The molecule has 0 aromatic heterocycles. The lowest BCUT2D eigenvalue weighted by Crippen LogP contribution is -2.31. The van der Waals surface area contributed by atoms with E-state index in [1.54, 1.807) is 13.8 Å². The number of carbonyl (C=O) groups is 2. The molecule has 2 atom stereocenters. The molecular formula is C10H14O4. The molecule has 0 radical (unpaired) electrons. The van der Waals surface area contributed by atoms with Gasteiger partial charge in [0.05, 0.1) is 6.10 Å². The molecule has 14 heavy (non-hydrogen) atoms. The SMILES string of the molecule is C=CC1CC1(C(=O)O)C(=O)OC(C)C. The Bertz CT molecular complexity index is 282. The Balaban J connectivity index is 2.77. The lowest BCUT2D eigenvalue weighted by atomic mass is 10.0. The molecule has 1 rings (SSSR count). The van der Waals surface area contributed by atoms with Crippen LogP contribution < -0.4 is 0 Å². The van der Waals surface area contributed by atoms with E-state index in [0.717, 1.165) is 0 Å². The fraction of sp³-hybridized carbons (Fsp3) is 0.600. The molecular weight excluding hydrogens is 184 g/mol. The quantitative estimate of drug-likeness (QED) is 0.419. The van der Waals surface area contributed by atoms with Crippen LogP contribution in [0.3, 0.4) is 0 Å². The smallest absolute Gasteiger partial charge is 0.324 e. The van der Waals surface area contributed by atoms with Gasteiger partial charge in [-0.1, -0.05) is 6.08 Å². The number of ether oxygens (including phenoxy) is 1. The summed E-state index contributed by atoms with van der Waals surface area (Å²) in [5.41, 5.74) is -1.36. The van der Waals surface area contributed by atoms with Crippen molar-refractivity contribution >= 4 is 11.9 Å². The zero-order chi connectivity index (χ0) is 10.9. The largest absolute Gasteiger partial charge is 0.480 e. The molecule has 0 amide bonds. The summed E-state index contributed by atoms with van der Waals surface area (Å²) in [7, 11) is 0. The second kappa shape index (κ2) is 3.44. The van der Waals surface area contributed by atoms with E-state index in [2.05, 4.69) is 6.58 Å². The van der Waals surface area contributed by atoms with Crippen molar-refractivity contribution in [1.82, 2.24) is 0 Å². The topological polar surface area (TPSA) is 63.6 Å². The first kappa shape index (κ1) is 10.8. The van der Waals surface area contributed by atoms with Crippen molar-refractivity contribution in [2.45, 2.75) is 26.4 Å². The van der Waals surface area contributed by atoms with E-state index >= 15 is 0 Å². The van der Waals surface area contributed by atoms with Crippen molar-refractivity contribution in [2.75, 3.05) is 0 Å². The van der Waals surface area contributed by atoms with Crippen LogP contribution in [0.15, 0.2) is 12.7 Å². The molecule has 0 aromatic rings. The van der Waals surface area contributed by atoms with E-state index in [-0.39, 0.29) is 12.0 Å². The first-order valence-electron chi connectivity index (χ1n) is 4.52. The van der Waals surface area contributed by atoms with E-state index in [9.17, 15) is 9.59 Å². The molecule has 4 nitrogen and oxygen atoms in total. The normalized spacial score (nSPS) is 29.8. The molecule has 0 heterocycles. The van der Waals surface area contributed by atoms with Crippen LogP contribution >= 0.6 is 0 Å². The van der Waals surface area contributed by atoms with Gasteiger partial charge in [0.1, 0.15) is 0 Å². The van der Waals surface area contributed by atoms with Crippen molar-refractivity contribution < 1.29 is 19.4 Å². The maximum atomic E-state index is 11.5. The van der Waals surface area contributed by atoms with Crippen molar-refractivity contribution in [1.29, 1.82) is 0 Å². The van der Waals surface area contributed by atoms with Gasteiger partial charge in [-0.3, -0.25) is 9.59 Å². The molecule has 2 unspecified atom stereocenters. The maximum absolute atomic E-state index is 11.5. The molecule has 1 aliphatic carbocycles. The third-order valence-corrected chi connectivity index (χ3v) is 2.39. The molecule has 0 bridgehead atoms. The van der Waals surface area contributed by atoms with Gasteiger partial charge in [0.25, 0.3) is 0 Å². The summed E-state index contributed by atoms with van der Waals surface area (Å²) < 4.78 is 4.90. The first-order chi connectivity index (χ1) is 6.45. The third-order valence-electron chi connectivity index (χ3n) is 2.39. The Morgan fingerprint density at radius 2 is 2.21 bits per heavy atom. The van der Waals surface area contributed by atoms with E-state index in [0.29, 0.717) is 6.42 Å². The Hall–Kier alpha value is -1.32. The van der Waals surface area contributed by atoms with E-state index in [1.165, 1.54) is 6.08 Å². The number of hydrogen-bond acceptors (Lipinski definition) is 3. The highest BCUT2D eigenvalue weighted by Crippen LogP contribution is 2.54. The summed E-state index contributed by atoms with van der Waals surface area (Å²) in [6.07, 6.45) is 1.51. The number of carboxylic acids is 1. The van der Waals surface area contributed by atoms with Crippen LogP contribution in [0.4, 0.5) is 0 Å². The molecule has 0 aliphatic heterocycles. The monoisotopic (exact) mass is 198 g/mol. The lowest BCUT2D eigenvalue weighted by Gasteiger charge is -2.13. The van der Waals surface area contributed by atoms with Crippen molar-refractivity contribution in [3.8, 4) is 0 Å². The number of carboxylic acid groups (broad SMARTS) is 1. The van der Waals surface area contributed by atoms with Gasteiger partial charge in [0.2, 0.25) is 0 Å². The Kier molecular flexibility index (Phi) is 2.64. The van der Waals surface area contributed by atoms with Crippen molar-refractivity contribution in [3.63, 3.8) is 0 Å². The lowest BCUT2D eigenvalue weighted by molar-refractivity contribution is -0.164. The molecule has 1 aliphatic rings. The van der Waals surface area contributed by atoms with Crippen LogP contribution in [-0.4, -0.2) is 23.1 Å². The summed E-state index contributed by atoms with van der Waals surface area (Å²) in [6, 6.07) is 0. The summed E-state index contributed by atoms with van der Waals surface area (Å²) in [5.74, 6) is -2.05.